The van der Waals surface area contributed by atoms with Gasteiger partial charge in [0.1, 0.15) is 5.82 Å². The third-order valence-electron chi connectivity index (χ3n) is 5.29. The lowest BCUT2D eigenvalue weighted by Gasteiger charge is -2.35. The minimum atomic E-state index is -3.06. The third kappa shape index (κ3) is 3.38. The highest BCUT2D eigenvalue weighted by atomic mass is 32.2. The first-order chi connectivity index (χ1) is 10.6. The molecule has 1 aliphatic heterocycles. The Morgan fingerprint density at radius 1 is 1.14 bits per heavy atom. The van der Waals surface area contributed by atoms with Gasteiger partial charge in [0.25, 0.3) is 0 Å². The number of hydrogen-bond acceptors (Lipinski definition) is 3. The molecule has 1 aromatic rings. The number of rotatable bonds is 4. The lowest BCUT2D eigenvalue weighted by molar-refractivity contribution is 0.248. The minimum Gasteiger partial charge on any atom is -0.335 e. The van der Waals surface area contributed by atoms with Gasteiger partial charge in [-0.1, -0.05) is 19.3 Å². The van der Waals surface area contributed by atoms with Gasteiger partial charge < -0.3 is 4.57 Å². The lowest BCUT2D eigenvalue weighted by atomic mass is 9.98. The summed E-state index contributed by atoms with van der Waals surface area (Å²) >= 11 is 0. The van der Waals surface area contributed by atoms with Gasteiger partial charge in [-0.05, 0) is 38.5 Å². The zero-order chi connectivity index (χ0) is 15.6. The third-order valence-corrected chi connectivity index (χ3v) is 7.68. The summed E-state index contributed by atoms with van der Waals surface area (Å²) in [4.78, 5) is 4.25. The predicted molar refractivity (Wildman–Crippen MR) is 87.1 cm³/mol. The van der Waals surface area contributed by atoms with E-state index in [1.807, 2.05) is 19.3 Å². The monoisotopic (exact) mass is 325 g/mol. The molecule has 0 radical (unpaired) electrons. The van der Waals surface area contributed by atoms with Crippen LogP contribution in [0.4, 0.5) is 0 Å². The van der Waals surface area contributed by atoms with Crippen molar-refractivity contribution in [2.24, 2.45) is 5.92 Å². The maximum Gasteiger partial charge on any atom is 0.216 e. The minimum absolute atomic E-state index is 0.117. The van der Waals surface area contributed by atoms with Gasteiger partial charge >= 0.3 is 0 Å². The number of aryl methyl sites for hydroxylation is 1. The zero-order valence-corrected chi connectivity index (χ0v) is 14.3. The fraction of sp³-hybridized carbons (Fsp3) is 0.812. The molecule has 0 atom stereocenters. The van der Waals surface area contributed by atoms with E-state index in [0.29, 0.717) is 19.0 Å². The normalized spacial score (nSPS) is 23.0. The number of sulfonamides is 1. The van der Waals surface area contributed by atoms with Gasteiger partial charge in [-0.3, -0.25) is 0 Å². The lowest BCUT2D eigenvalue weighted by Crippen LogP contribution is -2.44. The van der Waals surface area contributed by atoms with E-state index >= 15 is 0 Å². The Morgan fingerprint density at radius 2 is 1.82 bits per heavy atom. The summed E-state index contributed by atoms with van der Waals surface area (Å²) < 4.78 is 29.4. The van der Waals surface area contributed by atoms with Crippen LogP contribution in [0.2, 0.25) is 0 Å². The molecule has 1 saturated heterocycles. The molecule has 1 aliphatic carbocycles. The van der Waals surface area contributed by atoms with E-state index in [1.165, 1.54) is 6.42 Å². The molecular weight excluding hydrogens is 298 g/mol. The van der Waals surface area contributed by atoms with Crippen LogP contribution in [0.15, 0.2) is 12.4 Å². The van der Waals surface area contributed by atoms with Crippen LogP contribution < -0.4 is 0 Å². The van der Waals surface area contributed by atoms with Crippen LogP contribution in [0.25, 0.3) is 0 Å². The second-order valence-corrected chi connectivity index (χ2v) is 8.99. The second kappa shape index (κ2) is 6.71. The van der Waals surface area contributed by atoms with Crippen LogP contribution in [-0.2, 0) is 16.6 Å². The highest BCUT2D eigenvalue weighted by Gasteiger charge is 2.35. The van der Waals surface area contributed by atoms with E-state index in [2.05, 4.69) is 9.55 Å². The largest absolute Gasteiger partial charge is 0.335 e. The molecule has 1 aromatic heterocycles. The van der Waals surface area contributed by atoms with Crippen molar-refractivity contribution in [2.75, 3.05) is 13.1 Å². The average molecular weight is 325 g/mol. The number of aromatic nitrogens is 2. The number of hydrogen-bond donors (Lipinski definition) is 0. The van der Waals surface area contributed by atoms with Crippen molar-refractivity contribution >= 4 is 10.0 Å². The fourth-order valence-corrected chi connectivity index (χ4v) is 5.87. The highest BCUT2D eigenvalue weighted by molar-refractivity contribution is 7.89. The van der Waals surface area contributed by atoms with Crippen LogP contribution in [0.1, 0.15) is 50.8 Å². The molecular formula is C16H27N3O2S. The molecule has 1 saturated carbocycles. The zero-order valence-electron chi connectivity index (χ0n) is 13.4. The molecule has 124 valence electrons. The van der Waals surface area contributed by atoms with Crippen molar-refractivity contribution in [3.05, 3.63) is 18.2 Å². The Kier molecular flexibility index (Phi) is 4.88. The number of piperidine rings is 1. The van der Waals surface area contributed by atoms with E-state index in [0.717, 1.165) is 50.9 Å². The van der Waals surface area contributed by atoms with E-state index in [4.69, 9.17) is 0 Å². The van der Waals surface area contributed by atoms with Crippen molar-refractivity contribution in [1.29, 1.82) is 0 Å². The van der Waals surface area contributed by atoms with Gasteiger partial charge in [-0.2, -0.15) is 0 Å². The summed E-state index contributed by atoms with van der Waals surface area (Å²) in [6, 6.07) is 0. The molecule has 2 fully saturated rings. The summed E-state index contributed by atoms with van der Waals surface area (Å²) in [6.45, 7) is 4.36. The standard InChI is InChI=1S/C16H27N3O2S/c1-14-17-9-12-18(14)13-15-7-10-19(11-8-15)22(20,21)16-5-3-2-4-6-16/h9,12,15-16H,2-8,10-11,13H2,1H3. The number of imidazole rings is 1. The van der Waals surface area contributed by atoms with Crippen molar-refractivity contribution in [3.63, 3.8) is 0 Å². The highest BCUT2D eigenvalue weighted by Crippen LogP contribution is 2.29. The van der Waals surface area contributed by atoms with Gasteiger partial charge in [0, 0.05) is 32.0 Å². The van der Waals surface area contributed by atoms with E-state index < -0.39 is 10.0 Å². The first-order valence-electron chi connectivity index (χ1n) is 8.54. The Hall–Kier alpha value is -0.880. The quantitative estimate of drug-likeness (QED) is 0.855. The Labute approximate surface area is 133 Å². The average Bonchev–Trinajstić information content (AvgIpc) is 2.94. The SMILES string of the molecule is Cc1nccn1CC1CCN(S(=O)(=O)C2CCCCC2)CC1. The topological polar surface area (TPSA) is 55.2 Å². The van der Waals surface area contributed by atoms with Crippen LogP contribution in [0.5, 0.6) is 0 Å². The van der Waals surface area contributed by atoms with Gasteiger partial charge in [-0.25, -0.2) is 17.7 Å². The first kappa shape index (κ1) is 16.0. The molecule has 0 aromatic carbocycles. The molecule has 22 heavy (non-hydrogen) atoms. The van der Waals surface area contributed by atoms with Crippen LogP contribution in [0, 0.1) is 12.8 Å². The Morgan fingerprint density at radius 3 is 2.41 bits per heavy atom. The van der Waals surface area contributed by atoms with Crippen molar-refractivity contribution in [2.45, 2.75) is 63.7 Å². The summed E-state index contributed by atoms with van der Waals surface area (Å²) in [5.41, 5.74) is 0. The molecule has 0 amide bonds. The van der Waals surface area contributed by atoms with Gasteiger partial charge in [-0.15, -0.1) is 0 Å². The molecule has 2 aliphatic rings. The van der Waals surface area contributed by atoms with Gasteiger partial charge in [0.05, 0.1) is 5.25 Å². The summed E-state index contributed by atoms with van der Waals surface area (Å²) in [7, 11) is -3.06. The summed E-state index contributed by atoms with van der Waals surface area (Å²) in [5, 5.41) is -0.117. The van der Waals surface area contributed by atoms with Crippen molar-refractivity contribution < 1.29 is 8.42 Å². The van der Waals surface area contributed by atoms with E-state index in [9.17, 15) is 8.42 Å². The molecule has 0 bridgehead atoms. The molecule has 2 heterocycles. The maximum atomic E-state index is 12.7. The molecule has 0 spiro atoms. The van der Waals surface area contributed by atoms with Crippen LogP contribution in [-0.4, -0.2) is 40.6 Å². The van der Waals surface area contributed by atoms with E-state index in [-0.39, 0.29) is 5.25 Å². The van der Waals surface area contributed by atoms with E-state index in [1.54, 1.807) is 4.31 Å². The molecule has 0 N–H and O–H groups in total. The van der Waals surface area contributed by atoms with Crippen LogP contribution in [0.3, 0.4) is 0 Å². The Bertz CT molecular complexity index is 582. The predicted octanol–water partition coefficient (Wildman–Crippen LogP) is 2.57. The van der Waals surface area contributed by atoms with Gasteiger partial charge in [0.2, 0.25) is 10.0 Å². The van der Waals surface area contributed by atoms with Gasteiger partial charge in [0.15, 0.2) is 0 Å². The van der Waals surface area contributed by atoms with Crippen molar-refractivity contribution in [3.8, 4) is 0 Å². The smallest absolute Gasteiger partial charge is 0.216 e. The first-order valence-corrected chi connectivity index (χ1v) is 10.0. The Balaban J connectivity index is 1.56. The van der Waals surface area contributed by atoms with Crippen molar-refractivity contribution in [1.82, 2.24) is 13.9 Å². The summed E-state index contributed by atoms with van der Waals surface area (Å²) in [6.07, 6.45) is 10.8. The molecule has 5 nitrogen and oxygen atoms in total. The number of nitrogens with zero attached hydrogens (tertiary/aromatic N) is 3. The molecule has 6 heteroatoms. The second-order valence-electron chi connectivity index (χ2n) is 6.77. The maximum absolute atomic E-state index is 12.7. The van der Waals surface area contributed by atoms with Crippen LogP contribution >= 0.6 is 0 Å². The molecule has 0 unspecified atom stereocenters. The summed E-state index contributed by atoms with van der Waals surface area (Å²) in [5.74, 6) is 1.60. The fourth-order valence-electron chi connectivity index (χ4n) is 3.79. The molecule has 3 rings (SSSR count).